The molecule has 0 spiro atoms. The molecule has 2 heteroatoms. The highest BCUT2D eigenvalue weighted by Crippen LogP contribution is 2.40. The topological polar surface area (TPSA) is 23.5 Å². The summed E-state index contributed by atoms with van der Waals surface area (Å²) in [4.78, 5) is 2.40. The van der Waals surface area contributed by atoms with E-state index in [-0.39, 0.29) is 5.41 Å². The van der Waals surface area contributed by atoms with Gasteiger partial charge in [0.25, 0.3) is 0 Å². The lowest BCUT2D eigenvalue weighted by Gasteiger charge is -2.46. The summed E-state index contributed by atoms with van der Waals surface area (Å²) in [5.74, 6) is 0.337. The van der Waals surface area contributed by atoms with Gasteiger partial charge < -0.3 is 10.0 Å². The van der Waals surface area contributed by atoms with Crippen molar-refractivity contribution in [3.05, 3.63) is 52.6 Å². The SMILES string of the molecule is CC(C)=CCN1C=CC2=c3cc(O)ccc3=CC1C2(C)C. The number of benzene rings is 1. The molecule has 1 heterocycles. The fourth-order valence-corrected chi connectivity index (χ4v) is 3.35. The maximum absolute atomic E-state index is 9.78. The van der Waals surface area contributed by atoms with E-state index in [1.165, 1.54) is 16.4 Å². The molecule has 0 amide bonds. The minimum Gasteiger partial charge on any atom is -0.508 e. The monoisotopic (exact) mass is 281 g/mol. The zero-order valence-corrected chi connectivity index (χ0v) is 13.2. The summed E-state index contributed by atoms with van der Waals surface area (Å²) in [5, 5.41) is 12.2. The van der Waals surface area contributed by atoms with Gasteiger partial charge in [0, 0.05) is 18.2 Å². The van der Waals surface area contributed by atoms with Crippen LogP contribution in [0.5, 0.6) is 5.75 Å². The van der Waals surface area contributed by atoms with Crippen molar-refractivity contribution in [3.63, 3.8) is 0 Å². The van der Waals surface area contributed by atoms with E-state index in [0.717, 1.165) is 11.8 Å². The lowest BCUT2D eigenvalue weighted by molar-refractivity contribution is 0.237. The van der Waals surface area contributed by atoms with Crippen LogP contribution < -0.4 is 10.4 Å². The summed E-state index contributed by atoms with van der Waals surface area (Å²) in [6.45, 7) is 9.78. The normalized spacial score (nSPS) is 21.6. The Morgan fingerprint density at radius 2 is 2.10 bits per heavy atom. The van der Waals surface area contributed by atoms with Gasteiger partial charge in [-0.25, -0.2) is 0 Å². The van der Waals surface area contributed by atoms with Crippen molar-refractivity contribution >= 4 is 11.6 Å². The fourth-order valence-electron chi connectivity index (χ4n) is 3.35. The maximum atomic E-state index is 9.78. The van der Waals surface area contributed by atoms with Crippen LogP contribution in [0, 0.1) is 5.41 Å². The predicted octanol–water partition coefficient (Wildman–Crippen LogP) is 2.53. The molecule has 1 unspecified atom stereocenters. The van der Waals surface area contributed by atoms with Gasteiger partial charge >= 0.3 is 0 Å². The molecule has 2 bridgehead atoms. The second-order valence-corrected chi connectivity index (χ2v) is 6.81. The number of rotatable bonds is 2. The first-order chi connectivity index (χ1) is 9.89. The average Bonchev–Trinajstić information content (AvgIpc) is 2.38. The number of aromatic hydroxyl groups is 1. The molecule has 21 heavy (non-hydrogen) atoms. The largest absolute Gasteiger partial charge is 0.508 e. The van der Waals surface area contributed by atoms with Crippen LogP contribution in [-0.2, 0) is 0 Å². The third-order valence-electron chi connectivity index (χ3n) is 4.60. The lowest BCUT2D eigenvalue weighted by atomic mass is 9.71. The number of phenols is 1. The summed E-state index contributed by atoms with van der Waals surface area (Å²) in [6, 6.07) is 6.03. The Bertz CT molecular complexity index is 748. The predicted molar refractivity (Wildman–Crippen MR) is 88.1 cm³/mol. The van der Waals surface area contributed by atoms with Crippen molar-refractivity contribution in [2.75, 3.05) is 6.54 Å². The average molecular weight is 281 g/mol. The quantitative estimate of drug-likeness (QED) is 0.842. The summed E-state index contributed by atoms with van der Waals surface area (Å²) in [6.07, 6.45) is 9.00. The van der Waals surface area contributed by atoms with Crippen molar-refractivity contribution in [3.8, 4) is 5.75 Å². The molecule has 0 radical (unpaired) electrons. The molecule has 0 saturated carbocycles. The molecule has 2 nitrogen and oxygen atoms in total. The molecule has 0 fully saturated rings. The van der Waals surface area contributed by atoms with Gasteiger partial charge in [-0.2, -0.15) is 0 Å². The van der Waals surface area contributed by atoms with E-state index in [1.807, 2.05) is 12.1 Å². The molecule has 3 rings (SSSR count). The number of fused-ring (bicyclic) bond motifs is 3. The first kappa shape index (κ1) is 14.0. The molecule has 1 aliphatic heterocycles. The molecule has 110 valence electrons. The van der Waals surface area contributed by atoms with E-state index >= 15 is 0 Å². The van der Waals surface area contributed by atoms with Crippen LogP contribution in [0.15, 0.2) is 42.1 Å². The van der Waals surface area contributed by atoms with Crippen molar-refractivity contribution in [2.24, 2.45) is 5.41 Å². The fraction of sp³-hybridized carbons (Fsp3) is 0.368. The van der Waals surface area contributed by atoms with Crippen molar-refractivity contribution in [1.29, 1.82) is 0 Å². The first-order valence-electron chi connectivity index (χ1n) is 7.52. The molecule has 1 aromatic carbocycles. The first-order valence-corrected chi connectivity index (χ1v) is 7.52. The Morgan fingerprint density at radius 3 is 2.81 bits per heavy atom. The summed E-state index contributed by atoms with van der Waals surface area (Å²) >= 11 is 0. The van der Waals surface area contributed by atoms with Gasteiger partial charge in [-0.15, -0.1) is 0 Å². The molecule has 1 aromatic rings. The van der Waals surface area contributed by atoms with Crippen molar-refractivity contribution in [2.45, 2.75) is 33.7 Å². The smallest absolute Gasteiger partial charge is 0.116 e. The van der Waals surface area contributed by atoms with Crippen LogP contribution in [0.4, 0.5) is 0 Å². The number of hydrogen-bond acceptors (Lipinski definition) is 2. The van der Waals surface area contributed by atoms with E-state index in [2.05, 4.69) is 57.0 Å². The van der Waals surface area contributed by atoms with Crippen LogP contribution in [0.1, 0.15) is 27.7 Å². The third kappa shape index (κ3) is 2.29. The Balaban J connectivity index is 2.17. The van der Waals surface area contributed by atoms with E-state index in [1.54, 1.807) is 6.07 Å². The number of phenolic OH excluding ortho intramolecular Hbond substituents is 1. The summed E-state index contributed by atoms with van der Waals surface area (Å²) in [7, 11) is 0. The van der Waals surface area contributed by atoms with Crippen LogP contribution >= 0.6 is 0 Å². The highest BCUT2D eigenvalue weighted by Gasteiger charge is 2.38. The zero-order chi connectivity index (χ0) is 15.2. The Hall–Kier alpha value is -1.96. The molecule has 1 aliphatic carbocycles. The molecular weight excluding hydrogens is 258 g/mol. The maximum Gasteiger partial charge on any atom is 0.116 e. The zero-order valence-electron chi connectivity index (χ0n) is 13.2. The second-order valence-electron chi connectivity index (χ2n) is 6.81. The molecule has 2 aliphatic rings. The van der Waals surface area contributed by atoms with Gasteiger partial charge in [0.1, 0.15) is 5.75 Å². The van der Waals surface area contributed by atoms with Gasteiger partial charge in [-0.05, 0) is 48.1 Å². The summed E-state index contributed by atoms with van der Waals surface area (Å²) in [5.41, 5.74) is 2.71. The van der Waals surface area contributed by atoms with E-state index in [4.69, 9.17) is 0 Å². The molecule has 0 aromatic heterocycles. The molecule has 1 atom stereocenters. The number of allylic oxidation sites excluding steroid dienone is 2. The third-order valence-corrected chi connectivity index (χ3v) is 4.60. The number of hydrogen-bond donors (Lipinski definition) is 1. The van der Waals surface area contributed by atoms with Gasteiger partial charge in [0.2, 0.25) is 0 Å². The highest BCUT2D eigenvalue weighted by atomic mass is 16.3. The highest BCUT2D eigenvalue weighted by molar-refractivity contribution is 5.70. The Labute approximate surface area is 126 Å². The van der Waals surface area contributed by atoms with Gasteiger partial charge in [0.05, 0.1) is 6.04 Å². The van der Waals surface area contributed by atoms with Gasteiger partial charge in [0.15, 0.2) is 0 Å². The van der Waals surface area contributed by atoms with Crippen LogP contribution in [0.3, 0.4) is 0 Å². The van der Waals surface area contributed by atoms with Crippen LogP contribution in [0.25, 0.3) is 11.6 Å². The van der Waals surface area contributed by atoms with Crippen molar-refractivity contribution < 1.29 is 5.11 Å². The second kappa shape index (κ2) is 4.80. The molecule has 1 N–H and O–H groups in total. The summed E-state index contributed by atoms with van der Waals surface area (Å²) < 4.78 is 0. The van der Waals surface area contributed by atoms with Crippen molar-refractivity contribution in [1.82, 2.24) is 4.90 Å². The van der Waals surface area contributed by atoms with E-state index in [0.29, 0.717) is 11.8 Å². The van der Waals surface area contributed by atoms with Gasteiger partial charge in [-0.3, -0.25) is 0 Å². The van der Waals surface area contributed by atoms with E-state index in [9.17, 15) is 5.11 Å². The van der Waals surface area contributed by atoms with E-state index < -0.39 is 0 Å². The lowest BCUT2D eigenvalue weighted by Crippen LogP contribution is -2.51. The standard InChI is InChI=1S/C19H23NO/c1-13(2)7-9-20-10-8-17-16-12-15(21)6-5-14(16)11-18(20)19(17,3)4/h5-8,10-12,18,21H,9H2,1-4H3. The number of nitrogens with zero attached hydrogens (tertiary/aromatic N) is 1. The van der Waals surface area contributed by atoms with Crippen LogP contribution in [-0.4, -0.2) is 22.6 Å². The molecular formula is C19H23NO. The molecule has 0 saturated heterocycles. The Kier molecular flexibility index (Phi) is 3.20. The van der Waals surface area contributed by atoms with Crippen LogP contribution in [0.2, 0.25) is 0 Å². The Morgan fingerprint density at radius 1 is 1.33 bits per heavy atom. The minimum absolute atomic E-state index is 0.0467. The minimum atomic E-state index is 0.0467. The van der Waals surface area contributed by atoms with Gasteiger partial charge in [-0.1, -0.05) is 37.6 Å².